The smallest absolute Gasteiger partial charge is 0.130 e. The molecule has 1 fully saturated rings. The largest absolute Gasteiger partial charge is 0.369 e. The molecule has 5 nitrogen and oxygen atoms in total. The van der Waals surface area contributed by atoms with Gasteiger partial charge in [0.05, 0.1) is 0 Å². The Morgan fingerprint density at radius 2 is 2.00 bits per heavy atom. The lowest BCUT2D eigenvalue weighted by Gasteiger charge is -2.32. The Balaban J connectivity index is 1.74. The molecule has 1 aromatic heterocycles. The number of nitrogens with one attached hydrogen (secondary N) is 1. The van der Waals surface area contributed by atoms with E-state index in [1.165, 1.54) is 0 Å². The molecule has 0 radical (unpaired) electrons. The van der Waals surface area contributed by atoms with Crippen LogP contribution in [0.25, 0.3) is 0 Å². The van der Waals surface area contributed by atoms with Crippen LogP contribution in [0.1, 0.15) is 5.82 Å². The summed E-state index contributed by atoms with van der Waals surface area (Å²) in [6.45, 7) is 8.53. The molecule has 0 aliphatic carbocycles. The van der Waals surface area contributed by atoms with Crippen molar-refractivity contribution in [1.82, 2.24) is 19.8 Å². The maximum atomic E-state index is 4.35. The van der Waals surface area contributed by atoms with E-state index in [0.717, 1.165) is 55.5 Å². The number of aromatic nitrogens is 2. The predicted octanol–water partition coefficient (Wildman–Crippen LogP) is 1.21. The van der Waals surface area contributed by atoms with Gasteiger partial charge in [-0.15, -0.1) is 0 Å². The van der Waals surface area contributed by atoms with Crippen LogP contribution in [-0.2, 0) is 0 Å². The summed E-state index contributed by atoms with van der Waals surface area (Å²) in [5, 5.41) is 3.35. The van der Waals surface area contributed by atoms with E-state index in [0.29, 0.717) is 0 Å². The molecule has 2 rings (SSSR count). The van der Waals surface area contributed by atoms with Gasteiger partial charge in [-0.3, -0.25) is 4.90 Å². The lowest BCUT2D eigenvalue weighted by atomic mass is 10.3. The quantitative estimate of drug-likeness (QED) is 0.846. The zero-order valence-electron chi connectivity index (χ0n) is 11.0. The first-order valence-electron chi connectivity index (χ1n) is 6.29. The molecule has 1 aliphatic heterocycles. The number of halogens is 1. The summed E-state index contributed by atoms with van der Waals surface area (Å²) in [5.74, 6) is 1.68. The fraction of sp³-hybridized carbons (Fsp3) is 0.667. The Hall–Kier alpha value is -0.720. The number of anilines is 1. The molecule has 1 aliphatic rings. The van der Waals surface area contributed by atoms with Crippen molar-refractivity contribution in [3.05, 3.63) is 16.5 Å². The van der Waals surface area contributed by atoms with E-state index in [2.05, 4.69) is 48.1 Å². The van der Waals surface area contributed by atoms with Gasteiger partial charge in [0.25, 0.3) is 0 Å². The Morgan fingerprint density at radius 3 is 2.67 bits per heavy atom. The first-order chi connectivity index (χ1) is 8.63. The van der Waals surface area contributed by atoms with Gasteiger partial charge in [0.2, 0.25) is 0 Å². The number of hydrogen-bond acceptors (Lipinski definition) is 5. The second-order valence-corrected chi connectivity index (χ2v) is 5.51. The molecule has 0 spiro atoms. The van der Waals surface area contributed by atoms with E-state index in [4.69, 9.17) is 0 Å². The lowest BCUT2D eigenvalue weighted by molar-refractivity contribution is 0.158. The predicted molar refractivity (Wildman–Crippen MR) is 76.9 cm³/mol. The van der Waals surface area contributed by atoms with Crippen molar-refractivity contribution in [3.8, 4) is 0 Å². The van der Waals surface area contributed by atoms with Crippen molar-refractivity contribution in [3.63, 3.8) is 0 Å². The molecule has 0 amide bonds. The number of nitrogens with zero attached hydrogens (tertiary/aromatic N) is 4. The minimum atomic E-state index is 0.784. The first kappa shape index (κ1) is 13.7. The standard InChI is InChI=1S/C12H20BrN5/c1-10-15-11(13)9-12(16-10)14-3-4-18-7-5-17(2)6-8-18/h9H,3-8H2,1-2H3,(H,14,15,16). The van der Waals surface area contributed by atoms with Gasteiger partial charge < -0.3 is 10.2 Å². The van der Waals surface area contributed by atoms with Gasteiger partial charge >= 0.3 is 0 Å². The molecule has 1 N–H and O–H groups in total. The van der Waals surface area contributed by atoms with E-state index in [9.17, 15) is 0 Å². The van der Waals surface area contributed by atoms with E-state index in [1.54, 1.807) is 0 Å². The molecule has 1 aromatic rings. The molecule has 18 heavy (non-hydrogen) atoms. The van der Waals surface area contributed by atoms with Crippen molar-refractivity contribution in [2.24, 2.45) is 0 Å². The second kappa shape index (κ2) is 6.45. The molecule has 2 heterocycles. The zero-order valence-corrected chi connectivity index (χ0v) is 12.6. The summed E-state index contributed by atoms with van der Waals surface area (Å²) < 4.78 is 0.831. The highest BCUT2D eigenvalue weighted by Gasteiger charge is 2.12. The normalized spacial score (nSPS) is 17.9. The van der Waals surface area contributed by atoms with Gasteiger partial charge in [-0.05, 0) is 29.9 Å². The van der Waals surface area contributed by atoms with Crippen LogP contribution in [0, 0.1) is 6.92 Å². The van der Waals surface area contributed by atoms with E-state index >= 15 is 0 Å². The van der Waals surface area contributed by atoms with Crippen LogP contribution in [0.5, 0.6) is 0 Å². The highest BCUT2D eigenvalue weighted by Crippen LogP contribution is 2.11. The molecular formula is C12H20BrN5. The molecule has 0 atom stereocenters. The average molecular weight is 314 g/mol. The Kier molecular flexibility index (Phi) is 4.91. The van der Waals surface area contributed by atoms with Crippen molar-refractivity contribution < 1.29 is 0 Å². The van der Waals surface area contributed by atoms with Crippen molar-refractivity contribution >= 4 is 21.7 Å². The number of rotatable bonds is 4. The Labute approximate surface area is 117 Å². The lowest BCUT2D eigenvalue weighted by Crippen LogP contribution is -2.45. The zero-order chi connectivity index (χ0) is 13.0. The van der Waals surface area contributed by atoms with Crippen LogP contribution in [0.15, 0.2) is 10.7 Å². The van der Waals surface area contributed by atoms with Crippen molar-refractivity contribution in [2.45, 2.75) is 6.92 Å². The molecule has 100 valence electrons. The molecule has 0 saturated carbocycles. The molecule has 1 saturated heterocycles. The van der Waals surface area contributed by atoms with Gasteiger partial charge in [-0.1, -0.05) is 0 Å². The fourth-order valence-corrected chi connectivity index (χ4v) is 2.51. The third-order valence-corrected chi connectivity index (χ3v) is 3.54. The summed E-state index contributed by atoms with van der Waals surface area (Å²) in [7, 11) is 2.18. The van der Waals surface area contributed by atoms with Crippen LogP contribution in [0.4, 0.5) is 5.82 Å². The Bertz CT molecular complexity index is 370. The maximum absolute atomic E-state index is 4.35. The van der Waals surface area contributed by atoms with Gasteiger partial charge in [0.1, 0.15) is 16.2 Å². The third kappa shape index (κ3) is 4.19. The summed E-state index contributed by atoms with van der Waals surface area (Å²) in [5.41, 5.74) is 0. The Morgan fingerprint density at radius 1 is 1.28 bits per heavy atom. The van der Waals surface area contributed by atoms with Crippen LogP contribution in [-0.4, -0.2) is 66.1 Å². The van der Waals surface area contributed by atoms with Crippen molar-refractivity contribution in [2.75, 3.05) is 51.6 Å². The van der Waals surface area contributed by atoms with Crippen LogP contribution in [0.3, 0.4) is 0 Å². The second-order valence-electron chi connectivity index (χ2n) is 4.69. The SMILES string of the molecule is Cc1nc(Br)cc(NCCN2CCN(C)CC2)n1. The van der Waals surface area contributed by atoms with Crippen LogP contribution < -0.4 is 5.32 Å². The highest BCUT2D eigenvalue weighted by atomic mass is 79.9. The number of likely N-dealkylation sites (N-methyl/N-ethyl adjacent to an activating group) is 1. The number of piperazine rings is 1. The summed E-state index contributed by atoms with van der Waals surface area (Å²) >= 11 is 3.38. The maximum Gasteiger partial charge on any atom is 0.130 e. The van der Waals surface area contributed by atoms with Crippen LogP contribution >= 0.6 is 15.9 Å². The molecular weight excluding hydrogens is 294 g/mol. The number of aryl methyl sites for hydroxylation is 1. The summed E-state index contributed by atoms with van der Waals surface area (Å²) in [6, 6.07) is 1.91. The summed E-state index contributed by atoms with van der Waals surface area (Å²) in [6.07, 6.45) is 0. The fourth-order valence-electron chi connectivity index (χ4n) is 2.04. The number of hydrogen-bond donors (Lipinski definition) is 1. The molecule has 0 bridgehead atoms. The van der Waals surface area contributed by atoms with Gasteiger partial charge in [0.15, 0.2) is 0 Å². The van der Waals surface area contributed by atoms with Crippen molar-refractivity contribution in [1.29, 1.82) is 0 Å². The highest BCUT2D eigenvalue weighted by molar-refractivity contribution is 9.10. The third-order valence-electron chi connectivity index (χ3n) is 3.14. The van der Waals surface area contributed by atoms with Crippen LogP contribution in [0.2, 0.25) is 0 Å². The van der Waals surface area contributed by atoms with E-state index < -0.39 is 0 Å². The van der Waals surface area contributed by atoms with Gasteiger partial charge in [0, 0.05) is 45.3 Å². The topological polar surface area (TPSA) is 44.3 Å². The van der Waals surface area contributed by atoms with Gasteiger partial charge in [-0.2, -0.15) is 0 Å². The molecule has 6 heteroatoms. The van der Waals surface area contributed by atoms with E-state index in [1.807, 2.05) is 13.0 Å². The molecule has 0 unspecified atom stereocenters. The van der Waals surface area contributed by atoms with Gasteiger partial charge in [-0.25, -0.2) is 9.97 Å². The first-order valence-corrected chi connectivity index (χ1v) is 7.09. The minimum absolute atomic E-state index is 0.784. The summed E-state index contributed by atoms with van der Waals surface area (Å²) in [4.78, 5) is 13.4. The minimum Gasteiger partial charge on any atom is -0.369 e. The molecule has 0 aromatic carbocycles. The van der Waals surface area contributed by atoms with E-state index in [-0.39, 0.29) is 0 Å². The monoisotopic (exact) mass is 313 g/mol. The average Bonchev–Trinajstić information content (AvgIpc) is 2.30.